The first-order valence-corrected chi connectivity index (χ1v) is 8.28. The molecular formula is C16H26N2O3. The van der Waals surface area contributed by atoms with E-state index in [0.29, 0.717) is 13.2 Å². The average Bonchev–Trinajstić information content (AvgIpc) is 2.98. The van der Waals surface area contributed by atoms with Gasteiger partial charge in [-0.3, -0.25) is 9.59 Å². The molecule has 2 saturated carbocycles. The predicted molar refractivity (Wildman–Crippen MR) is 78.7 cm³/mol. The van der Waals surface area contributed by atoms with Crippen LogP contribution < -0.4 is 5.32 Å². The Morgan fingerprint density at radius 2 is 1.67 bits per heavy atom. The molecule has 0 unspecified atom stereocenters. The Balaban J connectivity index is 1.91. The molecule has 0 aromatic rings. The van der Waals surface area contributed by atoms with Crippen LogP contribution in [0.3, 0.4) is 0 Å². The number of carbonyl (C=O) groups is 2. The molecule has 0 bridgehead atoms. The molecule has 5 nitrogen and oxygen atoms in total. The fourth-order valence-electron chi connectivity index (χ4n) is 4.41. The number of nitrogens with one attached hydrogen (secondary N) is 1. The number of nitrogens with zero attached hydrogens (tertiary/aromatic N) is 1. The zero-order valence-electron chi connectivity index (χ0n) is 13.0. The lowest BCUT2D eigenvalue weighted by molar-refractivity contribution is -0.165. The highest BCUT2D eigenvalue weighted by Gasteiger charge is 2.58. The summed E-state index contributed by atoms with van der Waals surface area (Å²) in [5.74, 6) is 0.221. The van der Waals surface area contributed by atoms with Gasteiger partial charge in [0.15, 0.2) is 0 Å². The standard InChI is InChI=1S/C16H26N2O3/c1-21-12-11-18-14(20)15(7-3-2-4-8-15)17-13(19)16(18)9-5-6-10-16/h2-12H2,1H3,(H,17,19). The summed E-state index contributed by atoms with van der Waals surface area (Å²) in [7, 11) is 1.65. The first kappa shape index (κ1) is 14.8. The molecule has 1 heterocycles. The maximum atomic E-state index is 13.2. The van der Waals surface area contributed by atoms with E-state index in [2.05, 4.69) is 5.32 Å². The number of methoxy groups -OCH3 is 1. The molecule has 3 fully saturated rings. The minimum Gasteiger partial charge on any atom is -0.383 e. The van der Waals surface area contributed by atoms with E-state index in [-0.39, 0.29) is 11.8 Å². The molecule has 1 aliphatic heterocycles. The summed E-state index contributed by atoms with van der Waals surface area (Å²) in [5.41, 5.74) is -1.23. The minimum absolute atomic E-state index is 0.0811. The summed E-state index contributed by atoms with van der Waals surface area (Å²) in [4.78, 5) is 27.9. The van der Waals surface area contributed by atoms with Crippen LogP contribution in [-0.2, 0) is 14.3 Å². The predicted octanol–water partition coefficient (Wildman–Crippen LogP) is 1.61. The molecule has 2 amide bonds. The Labute approximate surface area is 126 Å². The first-order chi connectivity index (χ1) is 10.1. The fraction of sp³-hybridized carbons (Fsp3) is 0.875. The van der Waals surface area contributed by atoms with Crippen LogP contribution in [0, 0.1) is 0 Å². The van der Waals surface area contributed by atoms with Gasteiger partial charge in [0.2, 0.25) is 11.8 Å². The highest BCUT2D eigenvalue weighted by atomic mass is 16.5. The third-order valence-corrected chi connectivity index (χ3v) is 5.60. The number of hydrogen-bond donors (Lipinski definition) is 1. The van der Waals surface area contributed by atoms with Crippen molar-refractivity contribution in [3.63, 3.8) is 0 Å². The van der Waals surface area contributed by atoms with E-state index in [1.54, 1.807) is 7.11 Å². The molecule has 0 aromatic carbocycles. The van der Waals surface area contributed by atoms with Crippen LogP contribution in [0.5, 0.6) is 0 Å². The SMILES string of the molecule is COCCN1C(=O)C2(CCCCC2)NC(=O)C12CCCC2. The Hall–Kier alpha value is -1.10. The zero-order chi connectivity index (χ0) is 14.9. The third kappa shape index (κ3) is 2.26. The smallest absolute Gasteiger partial charge is 0.249 e. The molecular weight excluding hydrogens is 268 g/mol. The van der Waals surface area contributed by atoms with Gasteiger partial charge in [0.1, 0.15) is 11.1 Å². The number of piperazine rings is 1. The lowest BCUT2D eigenvalue weighted by Crippen LogP contribution is -2.75. The molecule has 5 heteroatoms. The molecule has 1 N–H and O–H groups in total. The summed E-state index contributed by atoms with van der Waals surface area (Å²) in [6.07, 6.45) is 8.43. The van der Waals surface area contributed by atoms with Gasteiger partial charge in [-0.1, -0.05) is 32.1 Å². The Morgan fingerprint density at radius 1 is 1.05 bits per heavy atom. The van der Waals surface area contributed by atoms with E-state index in [1.807, 2.05) is 4.90 Å². The maximum absolute atomic E-state index is 13.2. The maximum Gasteiger partial charge on any atom is 0.249 e. The van der Waals surface area contributed by atoms with Gasteiger partial charge in [-0.2, -0.15) is 0 Å². The van der Waals surface area contributed by atoms with Gasteiger partial charge in [-0.25, -0.2) is 0 Å². The van der Waals surface area contributed by atoms with E-state index in [1.165, 1.54) is 0 Å². The second-order valence-corrected chi connectivity index (χ2v) is 6.79. The highest BCUT2D eigenvalue weighted by molar-refractivity contribution is 6.02. The number of ether oxygens (including phenoxy) is 1. The molecule has 0 radical (unpaired) electrons. The molecule has 2 aliphatic carbocycles. The van der Waals surface area contributed by atoms with Crippen LogP contribution >= 0.6 is 0 Å². The first-order valence-electron chi connectivity index (χ1n) is 8.28. The van der Waals surface area contributed by atoms with Crippen molar-refractivity contribution < 1.29 is 14.3 Å². The molecule has 3 rings (SSSR count). The summed E-state index contributed by atoms with van der Waals surface area (Å²) in [5, 5.41) is 3.15. The van der Waals surface area contributed by atoms with Crippen molar-refractivity contribution in [2.45, 2.75) is 68.9 Å². The minimum atomic E-state index is -0.628. The van der Waals surface area contributed by atoms with Crippen molar-refractivity contribution in [1.29, 1.82) is 0 Å². The molecule has 2 spiro atoms. The summed E-state index contributed by atoms with van der Waals surface area (Å²) in [6.45, 7) is 1.03. The Morgan fingerprint density at radius 3 is 2.29 bits per heavy atom. The molecule has 118 valence electrons. The summed E-state index contributed by atoms with van der Waals surface area (Å²) >= 11 is 0. The van der Waals surface area contributed by atoms with E-state index < -0.39 is 11.1 Å². The van der Waals surface area contributed by atoms with Gasteiger partial charge in [0.05, 0.1) is 6.61 Å². The van der Waals surface area contributed by atoms with Gasteiger partial charge >= 0.3 is 0 Å². The number of amides is 2. The van der Waals surface area contributed by atoms with E-state index >= 15 is 0 Å². The molecule has 0 atom stereocenters. The van der Waals surface area contributed by atoms with Gasteiger partial charge in [-0.05, 0) is 25.7 Å². The van der Waals surface area contributed by atoms with Gasteiger partial charge in [0, 0.05) is 13.7 Å². The lowest BCUT2D eigenvalue weighted by atomic mass is 9.75. The Bertz CT molecular complexity index is 423. The van der Waals surface area contributed by atoms with Crippen LogP contribution in [0.15, 0.2) is 0 Å². The number of hydrogen-bond acceptors (Lipinski definition) is 3. The summed E-state index contributed by atoms with van der Waals surface area (Å²) < 4.78 is 5.18. The van der Waals surface area contributed by atoms with Crippen LogP contribution in [0.25, 0.3) is 0 Å². The molecule has 1 saturated heterocycles. The third-order valence-electron chi connectivity index (χ3n) is 5.60. The topological polar surface area (TPSA) is 58.6 Å². The average molecular weight is 294 g/mol. The van der Waals surface area contributed by atoms with Gasteiger partial charge in [0.25, 0.3) is 0 Å². The van der Waals surface area contributed by atoms with Gasteiger partial charge in [-0.15, -0.1) is 0 Å². The van der Waals surface area contributed by atoms with Crippen molar-refractivity contribution in [1.82, 2.24) is 10.2 Å². The van der Waals surface area contributed by atoms with Crippen LogP contribution in [0.2, 0.25) is 0 Å². The zero-order valence-corrected chi connectivity index (χ0v) is 13.0. The van der Waals surface area contributed by atoms with Crippen LogP contribution in [0.4, 0.5) is 0 Å². The van der Waals surface area contributed by atoms with Crippen molar-refractivity contribution in [2.75, 3.05) is 20.3 Å². The summed E-state index contributed by atoms with van der Waals surface area (Å²) in [6, 6.07) is 0. The number of carbonyl (C=O) groups excluding carboxylic acids is 2. The largest absolute Gasteiger partial charge is 0.383 e. The fourth-order valence-corrected chi connectivity index (χ4v) is 4.41. The quantitative estimate of drug-likeness (QED) is 0.860. The molecule has 3 aliphatic rings. The van der Waals surface area contributed by atoms with Crippen LogP contribution in [-0.4, -0.2) is 48.1 Å². The van der Waals surface area contributed by atoms with Crippen LogP contribution in [0.1, 0.15) is 57.8 Å². The second-order valence-electron chi connectivity index (χ2n) is 6.79. The van der Waals surface area contributed by atoms with Crippen molar-refractivity contribution in [3.8, 4) is 0 Å². The normalized spacial score (nSPS) is 27.4. The van der Waals surface area contributed by atoms with Crippen molar-refractivity contribution in [2.24, 2.45) is 0 Å². The lowest BCUT2D eigenvalue weighted by Gasteiger charge is -2.52. The van der Waals surface area contributed by atoms with E-state index in [4.69, 9.17) is 4.74 Å². The van der Waals surface area contributed by atoms with E-state index in [9.17, 15) is 9.59 Å². The molecule has 0 aromatic heterocycles. The monoisotopic (exact) mass is 294 g/mol. The van der Waals surface area contributed by atoms with E-state index in [0.717, 1.165) is 57.8 Å². The van der Waals surface area contributed by atoms with Crippen molar-refractivity contribution >= 4 is 11.8 Å². The Kier molecular flexibility index (Phi) is 3.95. The number of rotatable bonds is 3. The second kappa shape index (κ2) is 5.59. The van der Waals surface area contributed by atoms with Gasteiger partial charge < -0.3 is 15.0 Å². The highest BCUT2D eigenvalue weighted by Crippen LogP contribution is 2.43. The van der Waals surface area contributed by atoms with Crippen molar-refractivity contribution in [3.05, 3.63) is 0 Å². The molecule has 21 heavy (non-hydrogen) atoms.